The van der Waals surface area contributed by atoms with E-state index in [4.69, 9.17) is 9.47 Å². The van der Waals surface area contributed by atoms with E-state index in [1.165, 1.54) is 6.20 Å². The molecule has 25 heavy (non-hydrogen) atoms. The first-order valence-corrected chi connectivity index (χ1v) is 8.27. The zero-order valence-electron chi connectivity index (χ0n) is 14.5. The standard InChI is InChI=1S/C17H21FN4O3/c1-4-25-17(23)13-7-19-22(11-8-24-9-11)15(13)12-5-6-14(20-10(2)3)21-16(12)18/h5-7,10-11H,4,8-9H2,1-3H3,(H,20,21). The van der Waals surface area contributed by atoms with E-state index in [2.05, 4.69) is 15.4 Å². The Balaban J connectivity index is 2.05. The predicted octanol–water partition coefficient (Wildman–Crippen LogP) is 2.65. The van der Waals surface area contributed by atoms with Gasteiger partial charge in [0.05, 0.1) is 43.3 Å². The number of ether oxygens (including phenoxy) is 2. The summed E-state index contributed by atoms with van der Waals surface area (Å²) >= 11 is 0. The molecule has 0 aromatic carbocycles. The Morgan fingerprint density at radius 3 is 2.80 bits per heavy atom. The second-order valence-electron chi connectivity index (χ2n) is 6.10. The lowest BCUT2D eigenvalue weighted by Crippen LogP contribution is -2.32. The molecule has 7 nitrogen and oxygen atoms in total. The van der Waals surface area contributed by atoms with Crippen molar-refractivity contribution in [3.63, 3.8) is 0 Å². The predicted molar refractivity (Wildman–Crippen MR) is 90.0 cm³/mol. The van der Waals surface area contributed by atoms with Crippen LogP contribution in [0.3, 0.4) is 0 Å². The summed E-state index contributed by atoms with van der Waals surface area (Å²) in [4.78, 5) is 16.2. The highest BCUT2D eigenvalue weighted by Gasteiger charge is 2.30. The van der Waals surface area contributed by atoms with Gasteiger partial charge in [-0.2, -0.15) is 9.49 Å². The maximum atomic E-state index is 14.7. The smallest absolute Gasteiger partial charge is 0.341 e. The summed E-state index contributed by atoms with van der Waals surface area (Å²) in [5.74, 6) is -0.766. The Labute approximate surface area is 145 Å². The quantitative estimate of drug-likeness (QED) is 0.639. The highest BCUT2D eigenvalue weighted by atomic mass is 19.1. The maximum Gasteiger partial charge on any atom is 0.341 e. The van der Waals surface area contributed by atoms with Crippen LogP contribution in [0.4, 0.5) is 10.2 Å². The molecule has 2 aromatic heterocycles. The maximum absolute atomic E-state index is 14.7. The van der Waals surface area contributed by atoms with Crippen molar-refractivity contribution in [2.24, 2.45) is 0 Å². The third kappa shape index (κ3) is 3.48. The van der Waals surface area contributed by atoms with Gasteiger partial charge in [0.1, 0.15) is 11.4 Å². The number of hydrogen-bond acceptors (Lipinski definition) is 6. The van der Waals surface area contributed by atoms with Crippen molar-refractivity contribution in [3.05, 3.63) is 29.8 Å². The number of carbonyl (C=O) groups excluding carboxylic acids is 1. The summed E-state index contributed by atoms with van der Waals surface area (Å²) in [6.45, 7) is 6.78. The number of carbonyl (C=O) groups is 1. The molecule has 3 heterocycles. The molecule has 8 heteroatoms. The number of halogens is 1. The summed E-state index contributed by atoms with van der Waals surface area (Å²) in [5, 5.41) is 7.31. The monoisotopic (exact) mass is 348 g/mol. The molecule has 134 valence electrons. The summed E-state index contributed by atoms with van der Waals surface area (Å²) in [6, 6.07) is 3.38. The van der Waals surface area contributed by atoms with E-state index in [1.54, 1.807) is 23.7 Å². The van der Waals surface area contributed by atoms with Crippen LogP contribution in [0.15, 0.2) is 18.3 Å². The van der Waals surface area contributed by atoms with Crippen molar-refractivity contribution in [1.82, 2.24) is 14.8 Å². The van der Waals surface area contributed by atoms with Crippen molar-refractivity contribution in [3.8, 4) is 11.3 Å². The number of hydrogen-bond donors (Lipinski definition) is 1. The summed E-state index contributed by atoms with van der Waals surface area (Å²) in [5.41, 5.74) is 0.800. The zero-order valence-corrected chi connectivity index (χ0v) is 14.5. The average molecular weight is 348 g/mol. The third-order valence-electron chi connectivity index (χ3n) is 3.80. The van der Waals surface area contributed by atoms with Gasteiger partial charge in [-0.3, -0.25) is 4.68 Å². The number of nitrogens with zero attached hydrogens (tertiary/aromatic N) is 3. The van der Waals surface area contributed by atoms with E-state index in [-0.39, 0.29) is 29.8 Å². The van der Waals surface area contributed by atoms with E-state index in [0.717, 1.165) is 0 Å². The van der Waals surface area contributed by atoms with Crippen LogP contribution in [0.5, 0.6) is 0 Å². The van der Waals surface area contributed by atoms with E-state index < -0.39 is 11.9 Å². The highest BCUT2D eigenvalue weighted by molar-refractivity contribution is 5.96. The first kappa shape index (κ1) is 17.3. The molecular formula is C17H21FN4O3. The lowest BCUT2D eigenvalue weighted by molar-refractivity contribution is -0.0279. The molecule has 0 spiro atoms. The van der Waals surface area contributed by atoms with Crippen LogP contribution in [0, 0.1) is 5.95 Å². The van der Waals surface area contributed by atoms with E-state index in [1.807, 2.05) is 13.8 Å². The van der Waals surface area contributed by atoms with Gasteiger partial charge in [-0.05, 0) is 32.9 Å². The molecule has 0 unspecified atom stereocenters. The molecule has 1 aliphatic rings. The van der Waals surface area contributed by atoms with E-state index in [9.17, 15) is 9.18 Å². The molecule has 0 aliphatic carbocycles. The number of rotatable bonds is 6. The molecule has 1 N–H and O–H groups in total. The number of aromatic nitrogens is 3. The Kier molecular flexibility index (Phi) is 4.98. The number of esters is 1. The SMILES string of the molecule is CCOC(=O)c1cnn(C2COC2)c1-c1ccc(NC(C)C)nc1F. The van der Waals surface area contributed by atoms with E-state index >= 15 is 0 Å². The third-order valence-corrected chi connectivity index (χ3v) is 3.80. The minimum absolute atomic E-state index is 0.0361. The van der Waals surface area contributed by atoms with Crippen LogP contribution in [0.1, 0.15) is 37.2 Å². The second kappa shape index (κ2) is 7.18. The van der Waals surface area contributed by atoms with Crippen molar-refractivity contribution in [1.29, 1.82) is 0 Å². The molecule has 1 aliphatic heterocycles. The zero-order chi connectivity index (χ0) is 18.0. The van der Waals surface area contributed by atoms with Gasteiger partial charge in [-0.25, -0.2) is 9.78 Å². The van der Waals surface area contributed by atoms with Gasteiger partial charge in [-0.15, -0.1) is 0 Å². The molecule has 1 saturated heterocycles. The van der Waals surface area contributed by atoms with Crippen molar-refractivity contribution >= 4 is 11.8 Å². The summed E-state index contributed by atoms with van der Waals surface area (Å²) in [6.07, 6.45) is 1.41. The van der Waals surface area contributed by atoms with Gasteiger partial charge in [0.2, 0.25) is 5.95 Å². The van der Waals surface area contributed by atoms with Crippen molar-refractivity contribution in [2.75, 3.05) is 25.1 Å². The van der Waals surface area contributed by atoms with Gasteiger partial charge >= 0.3 is 5.97 Å². The topological polar surface area (TPSA) is 78.3 Å². The molecule has 0 amide bonds. The lowest BCUT2D eigenvalue weighted by Gasteiger charge is -2.28. The van der Waals surface area contributed by atoms with E-state index in [0.29, 0.717) is 24.7 Å². The molecule has 0 atom stereocenters. The fourth-order valence-electron chi connectivity index (χ4n) is 2.62. The Morgan fingerprint density at radius 1 is 1.48 bits per heavy atom. The number of nitrogens with one attached hydrogen (secondary N) is 1. The minimum Gasteiger partial charge on any atom is -0.462 e. The molecule has 0 radical (unpaired) electrons. The molecule has 0 saturated carbocycles. The van der Waals surface area contributed by atoms with Gasteiger partial charge in [0.25, 0.3) is 0 Å². The fraction of sp³-hybridized carbons (Fsp3) is 0.471. The van der Waals surface area contributed by atoms with Crippen molar-refractivity contribution in [2.45, 2.75) is 32.9 Å². The number of anilines is 1. The lowest BCUT2D eigenvalue weighted by atomic mass is 10.1. The van der Waals surface area contributed by atoms with Gasteiger partial charge in [0.15, 0.2) is 0 Å². The molecule has 1 fully saturated rings. The molecular weight excluding hydrogens is 327 g/mol. The summed E-state index contributed by atoms with van der Waals surface area (Å²) in [7, 11) is 0. The van der Waals surface area contributed by atoms with Gasteiger partial charge in [-0.1, -0.05) is 0 Å². The summed E-state index contributed by atoms with van der Waals surface area (Å²) < 4.78 is 26.6. The molecule has 3 rings (SSSR count). The largest absolute Gasteiger partial charge is 0.462 e. The normalized spacial score (nSPS) is 14.4. The molecule has 2 aromatic rings. The van der Waals surface area contributed by atoms with Gasteiger partial charge in [0, 0.05) is 6.04 Å². The Bertz CT molecular complexity index is 771. The van der Waals surface area contributed by atoms with Crippen LogP contribution in [-0.4, -0.2) is 46.6 Å². The second-order valence-corrected chi connectivity index (χ2v) is 6.10. The number of pyridine rings is 1. The Morgan fingerprint density at radius 2 is 2.24 bits per heavy atom. The highest BCUT2D eigenvalue weighted by Crippen LogP contribution is 2.31. The fourth-order valence-corrected chi connectivity index (χ4v) is 2.62. The first-order chi connectivity index (χ1) is 12.0. The van der Waals surface area contributed by atoms with Crippen molar-refractivity contribution < 1.29 is 18.7 Å². The minimum atomic E-state index is -0.668. The first-order valence-electron chi connectivity index (χ1n) is 8.27. The Hall–Kier alpha value is -2.48. The van der Waals surface area contributed by atoms with Crippen LogP contribution in [0.25, 0.3) is 11.3 Å². The average Bonchev–Trinajstić information content (AvgIpc) is 2.89. The molecule has 0 bridgehead atoms. The van der Waals surface area contributed by atoms with Gasteiger partial charge < -0.3 is 14.8 Å². The van der Waals surface area contributed by atoms with Crippen LogP contribution < -0.4 is 5.32 Å². The van der Waals surface area contributed by atoms with Crippen LogP contribution in [-0.2, 0) is 9.47 Å². The van der Waals surface area contributed by atoms with Crippen LogP contribution >= 0.6 is 0 Å². The van der Waals surface area contributed by atoms with Crippen LogP contribution in [0.2, 0.25) is 0 Å².